The van der Waals surface area contributed by atoms with Gasteiger partial charge in [-0.05, 0) is 38.3 Å². The monoisotopic (exact) mass is 543 g/mol. The summed E-state index contributed by atoms with van der Waals surface area (Å²) in [6, 6.07) is 7.05. The van der Waals surface area contributed by atoms with Gasteiger partial charge in [-0.1, -0.05) is 60.4 Å². The number of hydrogen-bond donors (Lipinski definition) is 2. The van der Waals surface area contributed by atoms with Crippen molar-refractivity contribution < 1.29 is 27.9 Å². The number of aliphatic carboxylic acids is 1. The van der Waals surface area contributed by atoms with Crippen LogP contribution in [-0.2, 0) is 26.0 Å². The molecule has 2 N–H and O–H groups in total. The Morgan fingerprint density at radius 3 is 2.60 bits per heavy atom. The molecule has 12 heteroatoms. The molecule has 192 valence electrons. The lowest BCUT2D eigenvalue weighted by molar-refractivity contribution is -0.139. The van der Waals surface area contributed by atoms with Crippen molar-refractivity contribution in [3.8, 4) is 0 Å². The van der Waals surface area contributed by atoms with Crippen LogP contribution in [-0.4, -0.2) is 59.3 Å². The van der Waals surface area contributed by atoms with Gasteiger partial charge in [-0.25, -0.2) is 18.2 Å². The molecular formula is C23H30ClN3O6S2. The van der Waals surface area contributed by atoms with E-state index in [2.05, 4.69) is 10.3 Å². The SMILES string of the molecule is CC(C)(C(=O)O)S(=O)(=O)c1cnc(NC(=O)N(CCOCc2ccccc2Cl)C2CCCCC2)s1. The van der Waals surface area contributed by atoms with E-state index in [0.717, 1.165) is 69.0 Å². The molecule has 0 unspecified atom stereocenters. The van der Waals surface area contributed by atoms with Crippen LogP contribution in [0.2, 0.25) is 5.02 Å². The fourth-order valence-electron chi connectivity index (χ4n) is 3.77. The van der Waals surface area contributed by atoms with Crippen molar-refractivity contribution in [3.63, 3.8) is 0 Å². The number of benzene rings is 1. The maximum atomic E-state index is 13.2. The Bertz CT molecular complexity index is 1150. The molecule has 2 amide bonds. The smallest absolute Gasteiger partial charge is 0.324 e. The number of urea groups is 1. The molecule has 35 heavy (non-hydrogen) atoms. The molecule has 1 aliphatic carbocycles. The molecular weight excluding hydrogens is 514 g/mol. The second-order valence-electron chi connectivity index (χ2n) is 8.86. The van der Waals surface area contributed by atoms with Crippen molar-refractivity contribution >= 4 is 49.9 Å². The van der Waals surface area contributed by atoms with Crippen molar-refractivity contribution in [1.82, 2.24) is 9.88 Å². The van der Waals surface area contributed by atoms with Crippen molar-refractivity contribution in [2.75, 3.05) is 18.5 Å². The fraction of sp³-hybridized carbons (Fsp3) is 0.522. The molecule has 1 aliphatic rings. The van der Waals surface area contributed by atoms with E-state index in [-0.39, 0.29) is 15.4 Å². The van der Waals surface area contributed by atoms with E-state index in [1.807, 2.05) is 18.2 Å². The molecule has 1 saturated carbocycles. The Hall–Kier alpha value is -2.21. The van der Waals surface area contributed by atoms with Gasteiger partial charge in [0.25, 0.3) is 0 Å². The average molecular weight is 544 g/mol. The highest BCUT2D eigenvalue weighted by molar-refractivity contribution is 7.95. The van der Waals surface area contributed by atoms with Crippen LogP contribution in [0.5, 0.6) is 0 Å². The van der Waals surface area contributed by atoms with Crippen molar-refractivity contribution in [2.24, 2.45) is 0 Å². The van der Waals surface area contributed by atoms with Gasteiger partial charge in [-0.2, -0.15) is 0 Å². The number of anilines is 1. The van der Waals surface area contributed by atoms with Crippen LogP contribution in [0.15, 0.2) is 34.7 Å². The van der Waals surface area contributed by atoms with Gasteiger partial charge >= 0.3 is 12.0 Å². The number of aromatic nitrogens is 1. The summed E-state index contributed by atoms with van der Waals surface area (Å²) >= 11 is 6.91. The molecule has 3 rings (SSSR count). The number of carbonyl (C=O) groups excluding carboxylic acids is 1. The standard InChI is InChI=1S/C23H30ClN3O6S2/c1-23(2,20(28)29)35(31,32)19-14-25-21(34-19)26-22(30)27(17-9-4-3-5-10-17)12-13-33-15-16-8-6-7-11-18(16)24/h6-8,11,14,17H,3-5,9-10,12-13,15H2,1-2H3,(H,28,29)(H,25,26,30). The van der Waals surface area contributed by atoms with Gasteiger partial charge < -0.3 is 14.7 Å². The minimum Gasteiger partial charge on any atom is -0.480 e. The molecule has 0 spiro atoms. The van der Waals surface area contributed by atoms with Gasteiger partial charge in [0.1, 0.15) is 4.21 Å². The van der Waals surface area contributed by atoms with E-state index in [4.69, 9.17) is 16.3 Å². The number of nitrogens with one attached hydrogen (secondary N) is 1. The number of halogens is 1. The zero-order valence-corrected chi connectivity index (χ0v) is 22.1. The van der Waals surface area contributed by atoms with Crippen LogP contribution in [0.4, 0.5) is 9.93 Å². The first-order valence-electron chi connectivity index (χ1n) is 11.4. The third-order valence-corrected chi connectivity index (χ3v) is 10.3. The van der Waals surface area contributed by atoms with Crippen LogP contribution in [0, 0.1) is 0 Å². The zero-order valence-electron chi connectivity index (χ0n) is 19.7. The Morgan fingerprint density at radius 1 is 1.26 bits per heavy atom. The molecule has 0 bridgehead atoms. The number of sulfone groups is 1. The van der Waals surface area contributed by atoms with Crippen molar-refractivity contribution in [3.05, 3.63) is 41.0 Å². The van der Waals surface area contributed by atoms with Crippen LogP contribution in [0.3, 0.4) is 0 Å². The molecule has 1 heterocycles. The number of thiazole rings is 1. The average Bonchev–Trinajstić information content (AvgIpc) is 3.29. The Kier molecular flexibility index (Phi) is 9.14. The van der Waals surface area contributed by atoms with Crippen molar-refractivity contribution in [2.45, 2.75) is 67.6 Å². The van der Waals surface area contributed by atoms with E-state index in [0.29, 0.717) is 24.8 Å². The van der Waals surface area contributed by atoms with Crippen LogP contribution in [0.1, 0.15) is 51.5 Å². The number of ether oxygens (including phenoxy) is 1. The summed E-state index contributed by atoms with van der Waals surface area (Å²) in [5.41, 5.74) is 0.864. The Morgan fingerprint density at radius 2 is 1.94 bits per heavy atom. The summed E-state index contributed by atoms with van der Waals surface area (Å²) in [4.78, 5) is 30.3. The first-order valence-corrected chi connectivity index (χ1v) is 14.0. The zero-order chi connectivity index (χ0) is 25.6. The molecule has 9 nitrogen and oxygen atoms in total. The Labute approximate surface area is 214 Å². The molecule has 1 fully saturated rings. The van der Waals surface area contributed by atoms with Gasteiger partial charge in [-0.3, -0.25) is 10.1 Å². The molecule has 0 saturated heterocycles. The summed E-state index contributed by atoms with van der Waals surface area (Å²) in [6.07, 6.45) is 6.02. The first kappa shape index (κ1) is 27.4. The number of carboxylic acids is 1. The van der Waals surface area contributed by atoms with Gasteiger partial charge in [0.2, 0.25) is 9.84 Å². The number of rotatable bonds is 10. The largest absolute Gasteiger partial charge is 0.480 e. The molecule has 0 atom stereocenters. The van der Waals surface area contributed by atoms with Gasteiger partial charge in [0.05, 0.1) is 19.4 Å². The van der Waals surface area contributed by atoms with Gasteiger partial charge in [-0.15, -0.1) is 0 Å². The van der Waals surface area contributed by atoms with E-state index in [1.54, 1.807) is 11.0 Å². The number of hydrogen-bond acceptors (Lipinski definition) is 7. The number of carbonyl (C=O) groups is 2. The third-order valence-electron chi connectivity index (χ3n) is 6.12. The maximum absolute atomic E-state index is 13.2. The quantitative estimate of drug-likeness (QED) is 0.411. The third kappa shape index (κ3) is 6.52. The first-order chi connectivity index (χ1) is 16.5. The second kappa shape index (κ2) is 11.7. The predicted octanol–water partition coefficient (Wildman–Crippen LogP) is 4.82. The predicted molar refractivity (Wildman–Crippen MR) is 135 cm³/mol. The lowest BCUT2D eigenvalue weighted by atomic mass is 9.94. The molecule has 1 aromatic carbocycles. The fourth-order valence-corrected chi connectivity index (χ4v) is 6.73. The summed E-state index contributed by atoms with van der Waals surface area (Å²) in [5, 5.41) is 12.7. The highest BCUT2D eigenvalue weighted by Crippen LogP contribution is 2.32. The minimum absolute atomic E-state index is 0.0433. The Balaban J connectivity index is 1.67. The number of nitrogens with zero attached hydrogens (tertiary/aromatic N) is 2. The van der Waals surface area contributed by atoms with E-state index < -0.39 is 26.6 Å². The lowest BCUT2D eigenvalue weighted by Crippen LogP contribution is -2.45. The van der Waals surface area contributed by atoms with Crippen LogP contribution < -0.4 is 5.32 Å². The molecule has 2 aromatic rings. The highest BCUT2D eigenvalue weighted by Gasteiger charge is 2.44. The van der Waals surface area contributed by atoms with E-state index in [9.17, 15) is 23.1 Å². The normalized spacial score (nSPS) is 15.1. The molecule has 0 aliphatic heterocycles. The number of amides is 2. The van der Waals surface area contributed by atoms with Crippen LogP contribution >= 0.6 is 22.9 Å². The highest BCUT2D eigenvalue weighted by atomic mass is 35.5. The summed E-state index contributed by atoms with van der Waals surface area (Å²) in [5.74, 6) is -1.46. The summed E-state index contributed by atoms with van der Waals surface area (Å²) in [6.45, 7) is 3.22. The lowest BCUT2D eigenvalue weighted by Gasteiger charge is -2.34. The summed E-state index contributed by atoms with van der Waals surface area (Å²) < 4.78 is 29.0. The maximum Gasteiger partial charge on any atom is 0.324 e. The summed E-state index contributed by atoms with van der Waals surface area (Å²) in [7, 11) is -4.18. The van der Waals surface area contributed by atoms with E-state index >= 15 is 0 Å². The minimum atomic E-state index is -4.18. The van der Waals surface area contributed by atoms with Gasteiger partial charge in [0.15, 0.2) is 9.88 Å². The molecule has 0 radical (unpaired) electrons. The second-order valence-corrected chi connectivity index (χ2v) is 13.0. The van der Waals surface area contributed by atoms with Gasteiger partial charge in [0, 0.05) is 17.6 Å². The molecule has 1 aromatic heterocycles. The number of carboxylic acid groups (broad SMARTS) is 1. The van der Waals surface area contributed by atoms with Crippen molar-refractivity contribution in [1.29, 1.82) is 0 Å². The van der Waals surface area contributed by atoms with E-state index in [1.165, 1.54) is 0 Å². The topological polar surface area (TPSA) is 126 Å². The van der Waals surface area contributed by atoms with Crippen LogP contribution in [0.25, 0.3) is 0 Å².